The first-order chi connectivity index (χ1) is 10.1. The molecule has 0 saturated carbocycles. The second-order valence-corrected chi connectivity index (χ2v) is 5.93. The molecular weight excluding hydrogens is 415 g/mol. The maximum atomic E-state index is 10.1. The first-order valence-corrected chi connectivity index (χ1v) is 7.42. The summed E-state index contributed by atoms with van der Waals surface area (Å²) in [7, 11) is 3.52. The number of thiazole rings is 1. The minimum Gasteiger partial charge on any atom is -0.386 e. The number of aliphatic hydroxyl groups excluding tert-OH is 1. The van der Waals surface area contributed by atoms with E-state index in [9.17, 15) is 5.11 Å². The average molecular weight is 436 g/mol. The number of hydrogen-bond donors (Lipinski definition) is 3. The Morgan fingerprint density at radius 3 is 2.77 bits per heavy atom. The lowest BCUT2D eigenvalue weighted by atomic mass is 10.2. The van der Waals surface area contributed by atoms with Crippen molar-refractivity contribution in [3.8, 4) is 0 Å². The molecule has 2 rings (SSSR count). The molecule has 3 N–H and O–H groups in total. The fraction of sp³-hybridized carbons (Fsp3) is 0.462. The molecule has 0 fully saturated rings. The molecule has 0 aliphatic carbocycles. The van der Waals surface area contributed by atoms with Crippen LogP contribution >= 0.6 is 35.3 Å². The van der Waals surface area contributed by atoms with E-state index in [-0.39, 0.29) is 24.0 Å². The molecule has 0 radical (unpaired) electrons. The van der Waals surface area contributed by atoms with Crippen molar-refractivity contribution in [2.45, 2.75) is 19.6 Å². The lowest BCUT2D eigenvalue weighted by Crippen LogP contribution is -2.38. The van der Waals surface area contributed by atoms with Crippen molar-refractivity contribution in [1.29, 1.82) is 0 Å². The smallest absolute Gasteiger partial charge is 0.191 e. The Balaban J connectivity index is 0.00000242. The fourth-order valence-electron chi connectivity index (χ4n) is 1.80. The van der Waals surface area contributed by atoms with E-state index < -0.39 is 6.10 Å². The number of nitrogens with zero attached hydrogens (tertiary/aromatic N) is 4. The molecule has 0 bridgehead atoms. The van der Waals surface area contributed by atoms with Crippen LogP contribution in [0.5, 0.6) is 0 Å². The number of rotatable bonds is 5. The predicted molar refractivity (Wildman–Crippen MR) is 98.6 cm³/mol. The number of hydrogen-bond acceptors (Lipinski definition) is 5. The Morgan fingerprint density at radius 2 is 2.23 bits per heavy atom. The van der Waals surface area contributed by atoms with Gasteiger partial charge in [0.2, 0.25) is 0 Å². The quantitative estimate of drug-likeness (QED) is 0.373. The third-order valence-corrected chi connectivity index (χ3v) is 3.81. The van der Waals surface area contributed by atoms with Crippen LogP contribution in [0.15, 0.2) is 23.6 Å². The minimum atomic E-state index is -0.622. The molecule has 2 aromatic rings. The van der Waals surface area contributed by atoms with Crippen LogP contribution in [0, 0.1) is 6.92 Å². The highest BCUT2D eigenvalue weighted by Crippen LogP contribution is 2.11. The van der Waals surface area contributed by atoms with E-state index in [4.69, 9.17) is 0 Å². The van der Waals surface area contributed by atoms with E-state index in [0.29, 0.717) is 19.0 Å². The minimum absolute atomic E-state index is 0. The van der Waals surface area contributed by atoms with Crippen molar-refractivity contribution >= 4 is 41.3 Å². The van der Waals surface area contributed by atoms with Gasteiger partial charge < -0.3 is 15.7 Å². The molecule has 9 heteroatoms. The Morgan fingerprint density at radius 1 is 1.45 bits per heavy atom. The Hall–Kier alpha value is -1.20. The van der Waals surface area contributed by atoms with Gasteiger partial charge in [0.05, 0.1) is 23.9 Å². The largest absolute Gasteiger partial charge is 0.386 e. The van der Waals surface area contributed by atoms with Gasteiger partial charge in [-0.1, -0.05) is 0 Å². The Bertz CT molecular complexity index is 611. The SMILES string of the molecule is CN=C(NCc1cnc(C)s1)NCC(O)c1cnn(C)c1.I. The van der Waals surface area contributed by atoms with Crippen molar-refractivity contribution in [2.75, 3.05) is 13.6 Å². The normalized spacial score (nSPS) is 12.6. The maximum Gasteiger partial charge on any atom is 0.191 e. The molecule has 7 nitrogen and oxygen atoms in total. The molecular formula is C13H21IN6OS. The summed E-state index contributed by atoms with van der Waals surface area (Å²) < 4.78 is 1.66. The Labute approximate surface area is 150 Å². The summed E-state index contributed by atoms with van der Waals surface area (Å²) in [5.41, 5.74) is 0.776. The number of nitrogens with one attached hydrogen (secondary N) is 2. The molecule has 0 spiro atoms. The van der Waals surface area contributed by atoms with E-state index in [1.165, 1.54) is 0 Å². The van der Waals surface area contributed by atoms with Crippen LogP contribution in [0.1, 0.15) is 21.6 Å². The van der Waals surface area contributed by atoms with Gasteiger partial charge in [-0.3, -0.25) is 9.67 Å². The summed E-state index contributed by atoms with van der Waals surface area (Å²) in [4.78, 5) is 9.47. The molecule has 1 atom stereocenters. The zero-order valence-corrected chi connectivity index (χ0v) is 15.9. The summed E-state index contributed by atoms with van der Waals surface area (Å²) in [6.07, 6.45) is 4.68. The van der Waals surface area contributed by atoms with Crippen molar-refractivity contribution in [3.05, 3.63) is 34.0 Å². The van der Waals surface area contributed by atoms with Crippen LogP contribution in [0.2, 0.25) is 0 Å². The van der Waals surface area contributed by atoms with Crippen LogP contribution in [0.3, 0.4) is 0 Å². The van der Waals surface area contributed by atoms with E-state index in [1.54, 1.807) is 35.5 Å². The molecule has 0 aliphatic rings. The van der Waals surface area contributed by atoms with Gasteiger partial charge in [0.1, 0.15) is 0 Å². The summed E-state index contributed by atoms with van der Waals surface area (Å²) in [6.45, 7) is 3.01. The van der Waals surface area contributed by atoms with E-state index in [2.05, 4.69) is 25.7 Å². The van der Waals surface area contributed by atoms with Crippen LogP contribution in [-0.2, 0) is 13.6 Å². The average Bonchev–Trinajstić information content (AvgIpc) is 3.07. The molecule has 1 unspecified atom stereocenters. The van der Waals surface area contributed by atoms with Crippen molar-refractivity contribution in [2.24, 2.45) is 12.0 Å². The third kappa shape index (κ3) is 5.54. The lowest BCUT2D eigenvalue weighted by molar-refractivity contribution is 0.180. The lowest BCUT2D eigenvalue weighted by Gasteiger charge is -2.14. The highest BCUT2D eigenvalue weighted by Gasteiger charge is 2.10. The molecule has 2 aromatic heterocycles. The van der Waals surface area contributed by atoms with Gasteiger partial charge in [0.15, 0.2) is 5.96 Å². The number of guanidine groups is 1. The summed E-state index contributed by atoms with van der Waals surface area (Å²) in [6, 6.07) is 0. The van der Waals surface area contributed by atoms with Crippen molar-refractivity contribution in [3.63, 3.8) is 0 Å². The second-order valence-electron chi connectivity index (χ2n) is 4.62. The zero-order chi connectivity index (χ0) is 15.2. The van der Waals surface area contributed by atoms with Gasteiger partial charge in [0.25, 0.3) is 0 Å². The second kappa shape index (κ2) is 9.06. The summed E-state index contributed by atoms with van der Waals surface area (Å²) in [5.74, 6) is 0.643. The topological polar surface area (TPSA) is 87.4 Å². The van der Waals surface area contributed by atoms with Gasteiger partial charge in [-0.05, 0) is 6.92 Å². The van der Waals surface area contributed by atoms with E-state index >= 15 is 0 Å². The maximum absolute atomic E-state index is 10.1. The number of aliphatic hydroxyl groups is 1. The van der Waals surface area contributed by atoms with Crippen LogP contribution in [0.25, 0.3) is 0 Å². The molecule has 2 heterocycles. The van der Waals surface area contributed by atoms with Crippen LogP contribution < -0.4 is 10.6 Å². The molecule has 0 aliphatic heterocycles. The first-order valence-electron chi connectivity index (χ1n) is 6.61. The van der Waals surface area contributed by atoms with Gasteiger partial charge in [0, 0.05) is 43.5 Å². The first kappa shape index (κ1) is 18.8. The molecule has 0 saturated heterocycles. The van der Waals surface area contributed by atoms with Crippen LogP contribution in [-0.4, -0.2) is 39.4 Å². The Kier molecular flexibility index (Phi) is 7.76. The standard InChI is InChI=1S/C13H20N6OS.HI/c1-9-15-5-11(21-9)6-16-13(14-2)17-7-12(20)10-4-18-19(3)8-10;/h4-5,8,12,20H,6-7H2,1-3H3,(H2,14,16,17);1H. The highest BCUT2D eigenvalue weighted by molar-refractivity contribution is 14.0. The third-order valence-electron chi connectivity index (χ3n) is 2.90. The van der Waals surface area contributed by atoms with Gasteiger partial charge in [-0.2, -0.15) is 5.10 Å². The van der Waals surface area contributed by atoms with Gasteiger partial charge in [-0.15, -0.1) is 35.3 Å². The summed E-state index contributed by atoms with van der Waals surface area (Å²) in [5, 5.41) is 21.4. The molecule has 0 aromatic carbocycles. The fourth-order valence-corrected chi connectivity index (χ4v) is 2.54. The predicted octanol–water partition coefficient (Wildman–Crippen LogP) is 1.20. The van der Waals surface area contributed by atoms with Crippen LogP contribution in [0.4, 0.5) is 0 Å². The molecule has 22 heavy (non-hydrogen) atoms. The van der Waals surface area contributed by atoms with Crippen molar-refractivity contribution < 1.29 is 5.11 Å². The van der Waals surface area contributed by atoms with E-state index in [1.807, 2.05) is 20.2 Å². The molecule has 122 valence electrons. The molecule has 0 amide bonds. The number of halogens is 1. The zero-order valence-electron chi connectivity index (χ0n) is 12.8. The van der Waals surface area contributed by atoms with E-state index in [0.717, 1.165) is 15.4 Å². The number of aliphatic imine (C=N–C) groups is 1. The van der Waals surface area contributed by atoms with Crippen molar-refractivity contribution in [1.82, 2.24) is 25.4 Å². The van der Waals surface area contributed by atoms with Gasteiger partial charge in [-0.25, -0.2) is 4.98 Å². The van der Waals surface area contributed by atoms with Gasteiger partial charge >= 0.3 is 0 Å². The number of aromatic nitrogens is 3. The summed E-state index contributed by atoms with van der Waals surface area (Å²) >= 11 is 1.65. The highest BCUT2D eigenvalue weighted by atomic mass is 127. The monoisotopic (exact) mass is 436 g/mol. The number of aryl methyl sites for hydroxylation is 2.